The summed E-state index contributed by atoms with van der Waals surface area (Å²) in [6.07, 6.45) is 1.44. The minimum absolute atomic E-state index is 0.131. The van der Waals surface area contributed by atoms with Crippen molar-refractivity contribution in [2.45, 2.75) is 19.8 Å². The van der Waals surface area contributed by atoms with Gasteiger partial charge in [0.25, 0.3) is 0 Å². The first-order chi connectivity index (χ1) is 11.5. The Morgan fingerprint density at radius 1 is 1.00 bits per heavy atom. The van der Waals surface area contributed by atoms with Gasteiger partial charge in [-0.25, -0.2) is 8.42 Å². The molecule has 6 heteroatoms. The fourth-order valence-electron chi connectivity index (χ4n) is 2.41. The van der Waals surface area contributed by atoms with Crippen LogP contribution in [0.15, 0.2) is 48.5 Å². The summed E-state index contributed by atoms with van der Waals surface area (Å²) in [6.45, 7) is 2.61. The Kier molecular flexibility index (Phi) is 6.49. The molecule has 2 aromatic carbocycles. The summed E-state index contributed by atoms with van der Waals surface area (Å²) in [7, 11) is -1.57. The van der Waals surface area contributed by atoms with Gasteiger partial charge in [0.05, 0.1) is 12.9 Å². The van der Waals surface area contributed by atoms with E-state index in [1.807, 2.05) is 43.3 Å². The second-order valence-corrected chi connectivity index (χ2v) is 7.33. The summed E-state index contributed by atoms with van der Waals surface area (Å²) < 4.78 is 31.4. The molecule has 0 aliphatic carbocycles. The van der Waals surface area contributed by atoms with Crippen LogP contribution in [-0.4, -0.2) is 27.8 Å². The average molecular weight is 348 g/mol. The van der Waals surface area contributed by atoms with Gasteiger partial charge in [0.1, 0.15) is 5.75 Å². The molecule has 0 fully saturated rings. The molecule has 0 heterocycles. The molecule has 0 unspecified atom stereocenters. The number of sulfonamides is 1. The van der Waals surface area contributed by atoms with Gasteiger partial charge in [-0.15, -0.1) is 0 Å². The smallest absolute Gasteiger partial charge is 0.232 e. The molecule has 0 amide bonds. The largest absolute Gasteiger partial charge is 0.496 e. The molecule has 0 bridgehead atoms. The number of methoxy groups -OCH3 is 1. The topological polar surface area (TPSA) is 67.4 Å². The maximum atomic E-state index is 11.7. The third-order valence-electron chi connectivity index (χ3n) is 3.55. The van der Waals surface area contributed by atoms with Gasteiger partial charge in [0.15, 0.2) is 0 Å². The molecule has 24 heavy (non-hydrogen) atoms. The summed E-state index contributed by atoms with van der Waals surface area (Å²) in [5, 5.41) is 3.33. The first-order valence-corrected chi connectivity index (χ1v) is 9.65. The van der Waals surface area contributed by atoms with E-state index in [1.54, 1.807) is 19.2 Å². The van der Waals surface area contributed by atoms with E-state index in [0.717, 1.165) is 30.0 Å². The maximum Gasteiger partial charge on any atom is 0.232 e. The van der Waals surface area contributed by atoms with E-state index in [2.05, 4.69) is 10.0 Å². The fraction of sp³-hybridized carbons (Fsp3) is 0.333. The second kappa shape index (κ2) is 8.59. The first kappa shape index (κ1) is 18.1. The summed E-state index contributed by atoms with van der Waals surface area (Å²) in [5.74, 6) is 1.02. The van der Waals surface area contributed by atoms with Crippen LogP contribution in [0.2, 0.25) is 0 Å². The molecular weight excluding hydrogens is 324 g/mol. The van der Waals surface area contributed by atoms with Gasteiger partial charge in [0.2, 0.25) is 10.0 Å². The van der Waals surface area contributed by atoms with Gasteiger partial charge in [-0.3, -0.25) is 4.72 Å². The van der Waals surface area contributed by atoms with Gasteiger partial charge in [-0.2, -0.15) is 0 Å². The summed E-state index contributed by atoms with van der Waals surface area (Å²) in [5.41, 5.74) is 2.68. The molecule has 0 aromatic heterocycles. The lowest BCUT2D eigenvalue weighted by atomic mass is 10.1. The Morgan fingerprint density at radius 2 is 1.67 bits per heavy atom. The predicted octanol–water partition coefficient (Wildman–Crippen LogP) is 3.50. The molecule has 0 aliphatic heterocycles. The molecule has 0 aliphatic rings. The van der Waals surface area contributed by atoms with Crippen LogP contribution < -0.4 is 14.8 Å². The number of ether oxygens (including phenoxy) is 1. The molecule has 5 nitrogen and oxygen atoms in total. The van der Waals surface area contributed by atoms with Crippen molar-refractivity contribution in [1.29, 1.82) is 0 Å². The summed E-state index contributed by atoms with van der Waals surface area (Å²) in [6, 6.07) is 15.2. The molecule has 2 aromatic rings. The molecule has 0 spiro atoms. The summed E-state index contributed by atoms with van der Waals surface area (Å²) >= 11 is 0. The van der Waals surface area contributed by atoms with Gasteiger partial charge in [-0.1, -0.05) is 25.1 Å². The van der Waals surface area contributed by atoms with Gasteiger partial charge >= 0.3 is 0 Å². The zero-order valence-corrected chi connectivity index (χ0v) is 14.9. The van der Waals surface area contributed by atoms with Gasteiger partial charge < -0.3 is 10.1 Å². The maximum absolute atomic E-state index is 11.7. The van der Waals surface area contributed by atoms with E-state index in [4.69, 9.17) is 4.74 Å². The molecule has 0 saturated heterocycles. The van der Waals surface area contributed by atoms with E-state index < -0.39 is 10.0 Å². The third-order valence-corrected chi connectivity index (χ3v) is 5.04. The first-order valence-electron chi connectivity index (χ1n) is 8.00. The van der Waals surface area contributed by atoms with Crippen molar-refractivity contribution < 1.29 is 13.2 Å². The molecule has 2 N–H and O–H groups in total. The van der Waals surface area contributed by atoms with Crippen molar-refractivity contribution in [3.05, 3.63) is 54.1 Å². The highest BCUT2D eigenvalue weighted by Crippen LogP contribution is 2.19. The van der Waals surface area contributed by atoms with Crippen molar-refractivity contribution in [1.82, 2.24) is 0 Å². The zero-order valence-electron chi connectivity index (χ0n) is 14.1. The number of hydrogen-bond donors (Lipinski definition) is 2. The van der Waals surface area contributed by atoms with Crippen LogP contribution in [0.3, 0.4) is 0 Å². The highest BCUT2D eigenvalue weighted by Gasteiger charge is 2.08. The molecule has 0 saturated carbocycles. The van der Waals surface area contributed by atoms with E-state index in [9.17, 15) is 8.42 Å². The number of anilines is 2. The Morgan fingerprint density at radius 3 is 2.33 bits per heavy atom. The Balaban J connectivity index is 1.88. The van der Waals surface area contributed by atoms with Gasteiger partial charge in [-0.05, 0) is 48.7 Å². The van der Waals surface area contributed by atoms with Crippen LogP contribution in [-0.2, 0) is 16.4 Å². The van der Waals surface area contributed by atoms with E-state index in [-0.39, 0.29) is 5.75 Å². The number of para-hydroxylation sites is 1. The lowest BCUT2D eigenvalue weighted by molar-refractivity contribution is 0.410. The zero-order chi connectivity index (χ0) is 17.4. The van der Waals surface area contributed by atoms with Crippen molar-refractivity contribution in [2.24, 2.45) is 0 Å². The molecular formula is C18H24N2O3S. The van der Waals surface area contributed by atoms with E-state index in [1.165, 1.54) is 0 Å². The Labute approximate surface area is 144 Å². The quantitative estimate of drug-likeness (QED) is 0.728. The summed E-state index contributed by atoms with van der Waals surface area (Å²) in [4.78, 5) is 0. The normalized spacial score (nSPS) is 11.1. The van der Waals surface area contributed by atoms with Crippen LogP contribution in [0.1, 0.15) is 18.9 Å². The average Bonchev–Trinajstić information content (AvgIpc) is 2.56. The van der Waals surface area contributed by atoms with Crippen LogP contribution in [0, 0.1) is 0 Å². The highest BCUT2D eigenvalue weighted by molar-refractivity contribution is 7.92. The number of hydrogen-bond acceptors (Lipinski definition) is 4. The second-order valence-electron chi connectivity index (χ2n) is 5.49. The van der Waals surface area contributed by atoms with Crippen LogP contribution in [0.5, 0.6) is 5.75 Å². The minimum Gasteiger partial charge on any atom is -0.496 e. The van der Waals surface area contributed by atoms with Gasteiger partial charge in [0, 0.05) is 17.9 Å². The van der Waals surface area contributed by atoms with Crippen LogP contribution in [0.25, 0.3) is 0 Å². The molecule has 130 valence electrons. The van der Waals surface area contributed by atoms with Crippen molar-refractivity contribution in [3.8, 4) is 5.75 Å². The van der Waals surface area contributed by atoms with Crippen molar-refractivity contribution in [2.75, 3.05) is 29.4 Å². The third kappa shape index (κ3) is 5.45. The van der Waals surface area contributed by atoms with Crippen molar-refractivity contribution >= 4 is 21.4 Å². The monoisotopic (exact) mass is 348 g/mol. The standard InChI is InChI=1S/C18H24N2O3S/c1-3-14-24(21,22)20-17-10-8-16(9-11-17)19-13-12-15-6-4-5-7-18(15)23-2/h4-11,19-20H,3,12-14H2,1-2H3. The number of benzene rings is 2. The van der Waals surface area contributed by atoms with Crippen LogP contribution >= 0.6 is 0 Å². The Hall–Kier alpha value is -2.21. The van der Waals surface area contributed by atoms with Crippen LogP contribution in [0.4, 0.5) is 11.4 Å². The minimum atomic E-state index is -3.24. The van der Waals surface area contributed by atoms with E-state index >= 15 is 0 Å². The molecule has 0 atom stereocenters. The Bertz CT molecular complexity index is 743. The SMILES string of the molecule is CCCS(=O)(=O)Nc1ccc(NCCc2ccccc2OC)cc1. The molecule has 0 radical (unpaired) electrons. The highest BCUT2D eigenvalue weighted by atomic mass is 32.2. The number of rotatable bonds is 9. The van der Waals surface area contributed by atoms with Crippen molar-refractivity contribution in [3.63, 3.8) is 0 Å². The number of nitrogens with one attached hydrogen (secondary N) is 2. The fourth-order valence-corrected chi connectivity index (χ4v) is 3.54. The molecule has 2 rings (SSSR count). The lowest BCUT2D eigenvalue weighted by Crippen LogP contribution is -2.16. The lowest BCUT2D eigenvalue weighted by Gasteiger charge is -2.11. The predicted molar refractivity (Wildman–Crippen MR) is 99.3 cm³/mol. The van der Waals surface area contributed by atoms with E-state index in [0.29, 0.717) is 12.1 Å².